The zero-order valence-electron chi connectivity index (χ0n) is 15.2. The third-order valence-corrected chi connectivity index (χ3v) is 3.93. The van der Waals surface area contributed by atoms with Crippen molar-refractivity contribution in [2.75, 3.05) is 21.3 Å². The van der Waals surface area contributed by atoms with Crippen molar-refractivity contribution in [2.45, 2.75) is 19.8 Å². The van der Waals surface area contributed by atoms with Gasteiger partial charge in [-0.2, -0.15) is 0 Å². The molecule has 0 heterocycles. The van der Waals surface area contributed by atoms with E-state index in [1.807, 2.05) is 30.3 Å². The van der Waals surface area contributed by atoms with E-state index in [1.54, 1.807) is 39.5 Å². The van der Waals surface area contributed by atoms with Crippen LogP contribution < -0.4 is 14.2 Å². The molecule has 0 aromatic heterocycles. The van der Waals surface area contributed by atoms with E-state index >= 15 is 0 Å². The van der Waals surface area contributed by atoms with Gasteiger partial charge in [-0.25, -0.2) is 0 Å². The van der Waals surface area contributed by atoms with Gasteiger partial charge in [0.15, 0.2) is 17.3 Å². The van der Waals surface area contributed by atoms with Gasteiger partial charge >= 0.3 is 0 Å². The van der Waals surface area contributed by atoms with E-state index in [0.717, 1.165) is 18.4 Å². The predicted octanol–water partition coefficient (Wildman–Crippen LogP) is 4.56. The summed E-state index contributed by atoms with van der Waals surface area (Å²) in [6, 6.07) is 11.3. The molecule has 2 aromatic rings. The lowest BCUT2D eigenvalue weighted by Crippen LogP contribution is -1.98. The Labute approximate surface area is 149 Å². The molecule has 0 saturated heterocycles. The van der Waals surface area contributed by atoms with Gasteiger partial charge in [0.2, 0.25) is 5.75 Å². The van der Waals surface area contributed by atoms with Crippen molar-refractivity contribution in [1.82, 2.24) is 0 Å². The summed E-state index contributed by atoms with van der Waals surface area (Å²) < 4.78 is 16.0. The van der Waals surface area contributed by atoms with Gasteiger partial charge in [-0.3, -0.25) is 4.79 Å². The normalized spacial score (nSPS) is 10.7. The maximum absolute atomic E-state index is 12.4. The first kappa shape index (κ1) is 18.6. The van der Waals surface area contributed by atoms with E-state index < -0.39 is 0 Å². The molecule has 0 aliphatic heterocycles. The highest BCUT2D eigenvalue weighted by atomic mass is 16.5. The van der Waals surface area contributed by atoms with Gasteiger partial charge in [0.05, 0.1) is 21.3 Å². The number of allylic oxidation sites excluding steroid dienone is 1. The smallest absolute Gasteiger partial charge is 0.203 e. The fourth-order valence-electron chi connectivity index (χ4n) is 2.64. The van der Waals surface area contributed by atoms with Crippen LogP contribution in [0.3, 0.4) is 0 Å². The highest BCUT2D eigenvalue weighted by molar-refractivity contribution is 6.07. The number of aryl methyl sites for hydroxylation is 1. The largest absolute Gasteiger partial charge is 0.493 e. The van der Waals surface area contributed by atoms with Gasteiger partial charge in [-0.1, -0.05) is 37.6 Å². The fraction of sp³-hybridized carbons (Fsp3) is 0.286. The number of ketones is 1. The zero-order valence-corrected chi connectivity index (χ0v) is 15.2. The topological polar surface area (TPSA) is 44.8 Å². The SMILES string of the molecule is CCCc1ccc(C(=O)/C=C/c2ccc(OC)c(OC)c2OC)cc1. The first-order chi connectivity index (χ1) is 12.1. The molecule has 2 rings (SSSR count). The quantitative estimate of drug-likeness (QED) is 0.522. The molecule has 0 aliphatic carbocycles. The molecule has 132 valence electrons. The van der Waals surface area contributed by atoms with Gasteiger partial charge < -0.3 is 14.2 Å². The molecule has 0 aliphatic rings. The number of hydrogen-bond acceptors (Lipinski definition) is 4. The predicted molar refractivity (Wildman–Crippen MR) is 99.9 cm³/mol. The number of ether oxygens (including phenoxy) is 3. The average molecular weight is 340 g/mol. The first-order valence-electron chi connectivity index (χ1n) is 8.24. The second kappa shape index (κ2) is 8.92. The molecule has 0 amide bonds. The lowest BCUT2D eigenvalue weighted by Gasteiger charge is -2.13. The number of hydrogen-bond donors (Lipinski definition) is 0. The van der Waals surface area contributed by atoms with Crippen LogP contribution in [0.5, 0.6) is 17.2 Å². The fourth-order valence-corrected chi connectivity index (χ4v) is 2.64. The monoisotopic (exact) mass is 340 g/mol. The molecule has 0 N–H and O–H groups in total. The summed E-state index contributed by atoms with van der Waals surface area (Å²) in [6.45, 7) is 2.14. The molecular formula is C21H24O4. The van der Waals surface area contributed by atoms with E-state index in [9.17, 15) is 4.79 Å². The van der Waals surface area contributed by atoms with Crippen molar-refractivity contribution < 1.29 is 19.0 Å². The van der Waals surface area contributed by atoms with E-state index in [4.69, 9.17) is 14.2 Å². The number of benzene rings is 2. The molecular weight excluding hydrogens is 316 g/mol. The van der Waals surface area contributed by atoms with Crippen molar-refractivity contribution in [2.24, 2.45) is 0 Å². The third kappa shape index (κ3) is 4.41. The summed E-state index contributed by atoms with van der Waals surface area (Å²) in [5.41, 5.74) is 2.65. The summed E-state index contributed by atoms with van der Waals surface area (Å²) >= 11 is 0. The third-order valence-electron chi connectivity index (χ3n) is 3.93. The molecule has 25 heavy (non-hydrogen) atoms. The minimum atomic E-state index is -0.0557. The van der Waals surface area contributed by atoms with Crippen LogP contribution in [0.2, 0.25) is 0 Å². The Morgan fingerprint density at radius 2 is 1.60 bits per heavy atom. The van der Waals surface area contributed by atoms with Gasteiger partial charge in [-0.05, 0) is 36.3 Å². The minimum absolute atomic E-state index is 0.0557. The van der Waals surface area contributed by atoms with Crippen LogP contribution in [-0.4, -0.2) is 27.1 Å². The second-order valence-corrected chi connectivity index (χ2v) is 5.57. The lowest BCUT2D eigenvalue weighted by molar-refractivity contribution is 0.104. The van der Waals surface area contributed by atoms with Crippen molar-refractivity contribution in [3.8, 4) is 17.2 Å². The Bertz CT molecular complexity index is 745. The summed E-state index contributed by atoms with van der Waals surface area (Å²) in [4.78, 5) is 12.4. The number of methoxy groups -OCH3 is 3. The second-order valence-electron chi connectivity index (χ2n) is 5.57. The zero-order chi connectivity index (χ0) is 18.2. The Balaban J connectivity index is 2.24. The van der Waals surface area contributed by atoms with Gasteiger partial charge in [0.25, 0.3) is 0 Å². The van der Waals surface area contributed by atoms with Crippen molar-refractivity contribution in [1.29, 1.82) is 0 Å². The molecule has 0 unspecified atom stereocenters. The Morgan fingerprint density at radius 3 is 2.16 bits per heavy atom. The summed E-state index contributed by atoms with van der Waals surface area (Å²) in [7, 11) is 4.68. The number of carbonyl (C=O) groups excluding carboxylic acids is 1. The number of carbonyl (C=O) groups is 1. The van der Waals surface area contributed by atoms with Crippen LogP contribution in [0.25, 0.3) is 6.08 Å². The van der Waals surface area contributed by atoms with Gasteiger partial charge in [0.1, 0.15) is 0 Å². The standard InChI is InChI=1S/C21H24O4/c1-5-6-15-7-9-16(10-8-15)18(22)13-11-17-12-14-19(23-2)21(25-4)20(17)24-3/h7-14H,5-6H2,1-4H3/b13-11+. The Hall–Kier alpha value is -2.75. The van der Waals surface area contributed by atoms with Crippen LogP contribution in [0.4, 0.5) is 0 Å². The van der Waals surface area contributed by atoms with Gasteiger partial charge in [0, 0.05) is 11.1 Å². The van der Waals surface area contributed by atoms with Crippen LogP contribution in [0.15, 0.2) is 42.5 Å². The van der Waals surface area contributed by atoms with Crippen LogP contribution in [-0.2, 0) is 6.42 Å². The first-order valence-corrected chi connectivity index (χ1v) is 8.24. The molecule has 0 radical (unpaired) electrons. The molecule has 2 aromatic carbocycles. The molecule has 4 heteroatoms. The summed E-state index contributed by atoms with van der Waals surface area (Å²) in [5, 5.41) is 0. The van der Waals surface area contributed by atoms with E-state index in [2.05, 4.69) is 6.92 Å². The lowest BCUT2D eigenvalue weighted by atomic mass is 10.0. The Morgan fingerprint density at radius 1 is 0.920 bits per heavy atom. The van der Waals surface area contributed by atoms with Crippen molar-refractivity contribution in [3.05, 3.63) is 59.2 Å². The average Bonchev–Trinajstić information content (AvgIpc) is 2.65. The minimum Gasteiger partial charge on any atom is -0.493 e. The van der Waals surface area contributed by atoms with Crippen LogP contribution >= 0.6 is 0 Å². The molecule has 0 bridgehead atoms. The van der Waals surface area contributed by atoms with E-state index in [-0.39, 0.29) is 5.78 Å². The number of rotatable bonds is 8. The highest BCUT2D eigenvalue weighted by Gasteiger charge is 2.14. The van der Waals surface area contributed by atoms with E-state index in [1.165, 1.54) is 5.56 Å². The summed E-state index contributed by atoms with van der Waals surface area (Å²) in [6.07, 6.45) is 5.38. The van der Waals surface area contributed by atoms with Crippen LogP contribution in [0.1, 0.15) is 34.8 Å². The van der Waals surface area contributed by atoms with Crippen molar-refractivity contribution in [3.63, 3.8) is 0 Å². The highest BCUT2D eigenvalue weighted by Crippen LogP contribution is 2.40. The van der Waals surface area contributed by atoms with Crippen molar-refractivity contribution >= 4 is 11.9 Å². The van der Waals surface area contributed by atoms with E-state index in [0.29, 0.717) is 22.8 Å². The van der Waals surface area contributed by atoms with Gasteiger partial charge in [-0.15, -0.1) is 0 Å². The molecule has 0 fully saturated rings. The molecule has 4 nitrogen and oxygen atoms in total. The maximum atomic E-state index is 12.4. The maximum Gasteiger partial charge on any atom is 0.203 e. The molecule has 0 spiro atoms. The molecule has 0 saturated carbocycles. The van der Waals surface area contributed by atoms with Crippen LogP contribution in [0, 0.1) is 0 Å². The summed E-state index contributed by atoms with van der Waals surface area (Å²) in [5.74, 6) is 1.56. The molecule has 0 atom stereocenters. The Kier molecular flexibility index (Phi) is 6.63.